The van der Waals surface area contributed by atoms with Crippen LogP contribution < -0.4 is 10.5 Å². The maximum atomic E-state index is 12.3. The highest BCUT2D eigenvalue weighted by molar-refractivity contribution is 7.87. The number of rotatable bonds is 4. The lowest BCUT2D eigenvalue weighted by Crippen LogP contribution is -2.53. The third-order valence-electron chi connectivity index (χ3n) is 4.36. The van der Waals surface area contributed by atoms with Crippen LogP contribution in [0.3, 0.4) is 0 Å². The topological polar surface area (TPSA) is 75.4 Å². The Morgan fingerprint density at radius 2 is 1.45 bits per heavy atom. The summed E-state index contributed by atoms with van der Waals surface area (Å²) in [6, 6.07) is 0. The Morgan fingerprint density at radius 1 is 0.950 bits per heavy atom. The number of nitrogens with one attached hydrogen (secondary N) is 1. The van der Waals surface area contributed by atoms with Gasteiger partial charge in [0.2, 0.25) is 0 Å². The zero-order valence-electron chi connectivity index (χ0n) is 12.1. The van der Waals surface area contributed by atoms with Crippen molar-refractivity contribution in [3.05, 3.63) is 0 Å². The number of hydrogen-bond donors (Lipinski definition) is 2. The van der Waals surface area contributed by atoms with E-state index in [1.165, 1.54) is 6.42 Å². The molecule has 120 valence electrons. The Bertz CT molecular complexity index is 375. The summed E-state index contributed by atoms with van der Waals surface area (Å²) in [4.78, 5) is 0. The summed E-state index contributed by atoms with van der Waals surface area (Å²) < 4.78 is 28.9. The maximum absolute atomic E-state index is 12.3. The predicted molar refractivity (Wildman–Crippen MR) is 84.2 cm³/mol. The standard InChI is InChI=1S/C13H27N3O2S.ClH/c14-13(8-4-3-5-9-13)12-15-19(17,18)16-10-6-1-2-7-11-16;/h15H,1-12,14H2;1H. The molecule has 2 fully saturated rings. The molecule has 5 nitrogen and oxygen atoms in total. The number of hydrogen-bond acceptors (Lipinski definition) is 3. The average Bonchev–Trinajstić information content (AvgIpc) is 2.67. The first-order chi connectivity index (χ1) is 9.02. The molecule has 1 heterocycles. The Hall–Kier alpha value is 0.120. The second-order valence-corrected chi connectivity index (χ2v) is 7.82. The molecule has 0 bridgehead atoms. The van der Waals surface area contributed by atoms with Crippen molar-refractivity contribution in [2.24, 2.45) is 5.73 Å². The third-order valence-corrected chi connectivity index (χ3v) is 5.92. The lowest BCUT2D eigenvalue weighted by atomic mass is 9.83. The van der Waals surface area contributed by atoms with Crippen LogP contribution in [0, 0.1) is 0 Å². The predicted octanol–water partition coefficient (Wildman–Crippen LogP) is 1.78. The van der Waals surface area contributed by atoms with Gasteiger partial charge in [0.25, 0.3) is 10.2 Å². The summed E-state index contributed by atoms with van der Waals surface area (Å²) in [7, 11) is -3.34. The first-order valence-corrected chi connectivity index (χ1v) is 9.00. The molecular weight excluding hydrogens is 298 g/mol. The van der Waals surface area contributed by atoms with Crippen LogP contribution in [0.25, 0.3) is 0 Å². The van der Waals surface area contributed by atoms with Crippen LogP contribution in [-0.4, -0.2) is 37.9 Å². The van der Waals surface area contributed by atoms with Crippen molar-refractivity contribution < 1.29 is 8.42 Å². The Labute approximate surface area is 129 Å². The van der Waals surface area contributed by atoms with Crippen molar-refractivity contribution in [3.8, 4) is 0 Å². The van der Waals surface area contributed by atoms with E-state index in [0.29, 0.717) is 19.6 Å². The van der Waals surface area contributed by atoms with E-state index in [-0.39, 0.29) is 17.9 Å². The molecule has 2 aliphatic rings. The molecule has 7 heteroatoms. The molecule has 0 spiro atoms. The summed E-state index contributed by atoms with van der Waals surface area (Å²) in [5.41, 5.74) is 5.95. The molecule has 0 amide bonds. The Morgan fingerprint density at radius 3 is 2.00 bits per heavy atom. The first kappa shape index (κ1) is 18.2. The molecule has 0 aromatic heterocycles. The van der Waals surface area contributed by atoms with E-state index < -0.39 is 10.2 Å². The fourth-order valence-electron chi connectivity index (χ4n) is 3.04. The number of nitrogens with two attached hydrogens (primary N) is 1. The molecule has 20 heavy (non-hydrogen) atoms. The highest BCUT2D eigenvalue weighted by Crippen LogP contribution is 2.25. The quantitative estimate of drug-likeness (QED) is 0.827. The monoisotopic (exact) mass is 325 g/mol. The van der Waals surface area contributed by atoms with Crippen molar-refractivity contribution in [2.75, 3.05) is 19.6 Å². The Balaban J connectivity index is 0.00000200. The van der Waals surface area contributed by atoms with Crippen molar-refractivity contribution in [2.45, 2.75) is 63.3 Å². The van der Waals surface area contributed by atoms with Gasteiger partial charge >= 0.3 is 0 Å². The molecular formula is C13H28ClN3O2S. The van der Waals surface area contributed by atoms with Gasteiger partial charge in [-0.15, -0.1) is 12.4 Å². The molecule has 2 rings (SSSR count). The minimum atomic E-state index is -3.34. The summed E-state index contributed by atoms with van der Waals surface area (Å²) in [5.74, 6) is 0. The van der Waals surface area contributed by atoms with E-state index in [9.17, 15) is 8.42 Å². The zero-order valence-corrected chi connectivity index (χ0v) is 13.8. The SMILES string of the molecule is Cl.NC1(CNS(=O)(=O)N2CCCCCC2)CCCCC1. The number of nitrogens with zero attached hydrogens (tertiary/aromatic N) is 1. The fraction of sp³-hybridized carbons (Fsp3) is 1.00. The minimum Gasteiger partial charge on any atom is -0.324 e. The molecule has 0 unspecified atom stereocenters. The van der Waals surface area contributed by atoms with Crippen LogP contribution in [-0.2, 0) is 10.2 Å². The van der Waals surface area contributed by atoms with Crippen LogP contribution in [0.4, 0.5) is 0 Å². The number of halogens is 1. The zero-order chi connectivity index (χ0) is 13.8. The van der Waals surface area contributed by atoms with E-state index in [0.717, 1.165) is 51.4 Å². The highest BCUT2D eigenvalue weighted by Gasteiger charge is 2.30. The first-order valence-electron chi connectivity index (χ1n) is 7.56. The molecule has 1 aliphatic carbocycles. The summed E-state index contributed by atoms with van der Waals surface area (Å²) in [6.45, 7) is 1.67. The summed E-state index contributed by atoms with van der Waals surface area (Å²) >= 11 is 0. The van der Waals surface area contributed by atoms with Gasteiger partial charge in [0.15, 0.2) is 0 Å². The van der Waals surface area contributed by atoms with Gasteiger partial charge in [0, 0.05) is 25.2 Å². The van der Waals surface area contributed by atoms with Crippen LogP contribution in [0.1, 0.15) is 57.8 Å². The summed E-state index contributed by atoms with van der Waals surface area (Å²) in [5, 5.41) is 0. The van der Waals surface area contributed by atoms with Crippen molar-refractivity contribution >= 4 is 22.6 Å². The molecule has 0 atom stereocenters. The molecule has 1 saturated carbocycles. The van der Waals surface area contributed by atoms with E-state index in [4.69, 9.17) is 5.73 Å². The van der Waals surface area contributed by atoms with Gasteiger partial charge in [-0.1, -0.05) is 32.1 Å². The molecule has 0 radical (unpaired) electrons. The van der Waals surface area contributed by atoms with Gasteiger partial charge < -0.3 is 5.73 Å². The minimum absolute atomic E-state index is 0. The highest BCUT2D eigenvalue weighted by atomic mass is 35.5. The smallest absolute Gasteiger partial charge is 0.279 e. The van der Waals surface area contributed by atoms with Gasteiger partial charge in [0.05, 0.1) is 0 Å². The van der Waals surface area contributed by atoms with Gasteiger partial charge in [-0.05, 0) is 25.7 Å². The summed E-state index contributed by atoms with van der Waals surface area (Å²) in [6.07, 6.45) is 9.50. The van der Waals surface area contributed by atoms with Gasteiger partial charge in [-0.3, -0.25) is 0 Å². The molecule has 0 aromatic carbocycles. The molecule has 0 aromatic rings. The van der Waals surface area contributed by atoms with Gasteiger partial charge in [-0.25, -0.2) is 4.72 Å². The van der Waals surface area contributed by atoms with Crippen LogP contribution in [0.15, 0.2) is 0 Å². The van der Waals surface area contributed by atoms with Gasteiger partial charge in [-0.2, -0.15) is 12.7 Å². The molecule has 3 N–H and O–H groups in total. The molecule has 1 aliphatic heterocycles. The van der Waals surface area contributed by atoms with Crippen LogP contribution in [0.2, 0.25) is 0 Å². The third kappa shape index (κ3) is 5.15. The second-order valence-electron chi connectivity index (χ2n) is 6.06. The maximum Gasteiger partial charge on any atom is 0.279 e. The van der Waals surface area contributed by atoms with Gasteiger partial charge in [0.1, 0.15) is 0 Å². The normalized spacial score (nSPS) is 24.6. The van der Waals surface area contributed by atoms with E-state index in [1.54, 1.807) is 4.31 Å². The van der Waals surface area contributed by atoms with Crippen molar-refractivity contribution in [1.29, 1.82) is 0 Å². The second kappa shape index (κ2) is 7.94. The fourth-order valence-corrected chi connectivity index (χ4v) is 4.43. The van der Waals surface area contributed by atoms with Crippen molar-refractivity contribution in [1.82, 2.24) is 9.03 Å². The van der Waals surface area contributed by atoms with Crippen LogP contribution in [0.5, 0.6) is 0 Å². The molecule has 1 saturated heterocycles. The van der Waals surface area contributed by atoms with Crippen LogP contribution >= 0.6 is 12.4 Å². The van der Waals surface area contributed by atoms with E-state index >= 15 is 0 Å². The lowest BCUT2D eigenvalue weighted by Gasteiger charge is -2.34. The van der Waals surface area contributed by atoms with Crippen molar-refractivity contribution in [3.63, 3.8) is 0 Å². The Kier molecular flexibility index (Phi) is 7.21. The average molecular weight is 326 g/mol. The van der Waals surface area contributed by atoms with E-state index in [2.05, 4.69) is 4.72 Å². The van der Waals surface area contributed by atoms with E-state index in [1.807, 2.05) is 0 Å². The largest absolute Gasteiger partial charge is 0.324 e. The lowest BCUT2D eigenvalue weighted by molar-refractivity contribution is 0.293.